The number of fused-ring (bicyclic) bond motifs is 2. The molecule has 2 unspecified atom stereocenters. The van der Waals surface area contributed by atoms with E-state index in [1.165, 1.54) is 0 Å². The summed E-state index contributed by atoms with van der Waals surface area (Å²) in [7, 11) is 0. The van der Waals surface area contributed by atoms with Gasteiger partial charge < -0.3 is 20.8 Å². The third-order valence-corrected chi connectivity index (χ3v) is 4.72. The summed E-state index contributed by atoms with van der Waals surface area (Å²) in [5.74, 6) is -0.191. The van der Waals surface area contributed by atoms with Gasteiger partial charge in [-0.15, -0.1) is 0 Å². The average molecular weight is 268 g/mol. The molecule has 2 bridgehead atoms. The minimum Gasteiger partial charge on any atom is -0.390 e. The lowest BCUT2D eigenvalue weighted by Crippen LogP contribution is -2.57. The Bertz CT molecular complexity index is 409. The summed E-state index contributed by atoms with van der Waals surface area (Å²) < 4.78 is 0. The highest BCUT2D eigenvalue weighted by Gasteiger charge is 2.57. The second-order valence-electron chi connectivity index (χ2n) is 6.13. The summed E-state index contributed by atoms with van der Waals surface area (Å²) in [5, 5.41) is 25.2. The number of hydrogen-bond acceptors (Lipinski definition) is 4. The van der Waals surface area contributed by atoms with Crippen molar-refractivity contribution in [2.75, 3.05) is 6.54 Å². The highest BCUT2D eigenvalue weighted by molar-refractivity contribution is 5.87. The van der Waals surface area contributed by atoms with Gasteiger partial charge in [-0.3, -0.25) is 9.59 Å². The van der Waals surface area contributed by atoms with Crippen LogP contribution in [0, 0.1) is 11.8 Å². The van der Waals surface area contributed by atoms with Gasteiger partial charge in [0.15, 0.2) is 0 Å². The summed E-state index contributed by atoms with van der Waals surface area (Å²) in [6.07, 6.45) is 2.32. The average Bonchev–Trinajstić information content (AvgIpc) is 3.11. The van der Waals surface area contributed by atoms with E-state index in [2.05, 4.69) is 10.6 Å². The number of carbonyl (C=O) groups excluding carboxylic acids is 2. The van der Waals surface area contributed by atoms with Crippen LogP contribution in [-0.4, -0.2) is 46.3 Å². The second kappa shape index (κ2) is 4.45. The number of hydrogen-bond donors (Lipinski definition) is 4. The fourth-order valence-electron chi connectivity index (χ4n) is 3.43. The molecule has 106 valence electrons. The van der Waals surface area contributed by atoms with Crippen molar-refractivity contribution in [3.8, 4) is 0 Å². The van der Waals surface area contributed by atoms with Gasteiger partial charge in [-0.2, -0.15) is 0 Å². The van der Waals surface area contributed by atoms with Crippen LogP contribution in [-0.2, 0) is 9.59 Å². The molecule has 0 spiro atoms. The van der Waals surface area contributed by atoms with Crippen molar-refractivity contribution in [2.24, 2.45) is 11.8 Å². The first-order valence-corrected chi connectivity index (χ1v) is 6.97. The Morgan fingerprint density at radius 3 is 2.53 bits per heavy atom. The third kappa shape index (κ3) is 2.23. The standard InChI is InChI=1S/C13H20N2O4/c16-9(6-14-12(19)7-1-2-7)15-13-4-3-8(5-13)10(17)11(13)18/h7-8,10-11,17-18H,1-6H2,(H,14,19)(H,15,16)/t8?,10-,11-,13?/m0/s1. The minimum absolute atomic E-state index is 0.0510. The topological polar surface area (TPSA) is 98.7 Å². The molecule has 0 aromatic rings. The van der Waals surface area contributed by atoms with Crippen LogP contribution in [0.2, 0.25) is 0 Å². The van der Waals surface area contributed by atoms with E-state index < -0.39 is 17.7 Å². The van der Waals surface area contributed by atoms with Gasteiger partial charge >= 0.3 is 0 Å². The van der Waals surface area contributed by atoms with Gasteiger partial charge in [0.25, 0.3) is 0 Å². The molecule has 0 heterocycles. The predicted octanol–water partition coefficient (Wildman–Crippen LogP) is -1.10. The van der Waals surface area contributed by atoms with Crippen LogP contribution in [0.1, 0.15) is 32.1 Å². The molecule has 0 radical (unpaired) electrons. The van der Waals surface area contributed by atoms with Gasteiger partial charge in [0.05, 0.1) is 18.2 Å². The van der Waals surface area contributed by atoms with Crippen LogP contribution < -0.4 is 10.6 Å². The molecule has 4 atom stereocenters. The number of carbonyl (C=O) groups is 2. The molecule has 0 aliphatic heterocycles. The summed E-state index contributed by atoms with van der Waals surface area (Å²) >= 11 is 0. The lowest BCUT2D eigenvalue weighted by molar-refractivity contribution is -0.129. The van der Waals surface area contributed by atoms with E-state index >= 15 is 0 Å². The van der Waals surface area contributed by atoms with Crippen LogP contribution in [0.4, 0.5) is 0 Å². The van der Waals surface area contributed by atoms with Gasteiger partial charge in [-0.05, 0) is 38.0 Å². The van der Waals surface area contributed by atoms with Crippen molar-refractivity contribution in [3.63, 3.8) is 0 Å². The van der Waals surface area contributed by atoms with Crippen LogP contribution in [0.15, 0.2) is 0 Å². The molecule has 0 aromatic carbocycles. The van der Waals surface area contributed by atoms with Crippen LogP contribution >= 0.6 is 0 Å². The first kappa shape index (κ1) is 12.9. The van der Waals surface area contributed by atoms with E-state index in [4.69, 9.17) is 0 Å². The lowest BCUT2D eigenvalue weighted by Gasteiger charge is -2.34. The van der Waals surface area contributed by atoms with Crippen molar-refractivity contribution >= 4 is 11.8 Å². The Labute approximate surface area is 111 Å². The van der Waals surface area contributed by atoms with E-state index in [9.17, 15) is 19.8 Å². The maximum absolute atomic E-state index is 11.9. The van der Waals surface area contributed by atoms with E-state index in [1.807, 2.05) is 0 Å². The summed E-state index contributed by atoms with van der Waals surface area (Å²) in [6, 6.07) is 0. The summed E-state index contributed by atoms with van der Waals surface area (Å²) in [6.45, 7) is -0.0510. The molecular formula is C13H20N2O4. The van der Waals surface area contributed by atoms with Gasteiger partial charge in [0.1, 0.15) is 6.10 Å². The Morgan fingerprint density at radius 1 is 1.21 bits per heavy atom. The predicted molar refractivity (Wildman–Crippen MR) is 66.0 cm³/mol. The lowest BCUT2D eigenvalue weighted by atomic mass is 9.89. The number of amides is 2. The maximum atomic E-state index is 11.9. The Morgan fingerprint density at radius 2 is 1.95 bits per heavy atom. The van der Waals surface area contributed by atoms with Crippen molar-refractivity contribution in [1.29, 1.82) is 0 Å². The number of aliphatic hydroxyl groups is 2. The van der Waals surface area contributed by atoms with Crippen LogP contribution in [0.5, 0.6) is 0 Å². The third-order valence-electron chi connectivity index (χ3n) is 4.72. The highest BCUT2D eigenvalue weighted by atomic mass is 16.3. The van der Waals surface area contributed by atoms with E-state index in [0.29, 0.717) is 12.8 Å². The van der Waals surface area contributed by atoms with E-state index in [0.717, 1.165) is 19.3 Å². The van der Waals surface area contributed by atoms with Crippen molar-refractivity contribution in [1.82, 2.24) is 10.6 Å². The molecule has 4 N–H and O–H groups in total. The van der Waals surface area contributed by atoms with E-state index in [-0.39, 0.29) is 30.2 Å². The molecular weight excluding hydrogens is 248 g/mol. The van der Waals surface area contributed by atoms with Gasteiger partial charge in [-0.1, -0.05) is 0 Å². The molecule has 6 heteroatoms. The molecule has 19 heavy (non-hydrogen) atoms. The quantitative estimate of drug-likeness (QED) is 0.520. The molecule has 3 aliphatic rings. The summed E-state index contributed by atoms with van der Waals surface area (Å²) in [5.41, 5.74) is -0.689. The second-order valence-corrected chi connectivity index (χ2v) is 6.13. The van der Waals surface area contributed by atoms with Crippen molar-refractivity contribution < 1.29 is 19.8 Å². The Hall–Kier alpha value is -1.14. The minimum atomic E-state index is -0.894. The molecule has 2 amide bonds. The van der Waals surface area contributed by atoms with Gasteiger partial charge in [0.2, 0.25) is 11.8 Å². The molecule has 3 fully saturated rings. The first-order valence-electron chi connectivity index (χ1n) is 6.97. The van der Waals surface area contributed by atoms with Crippen LogP contribution in [0.25, 0.3) is 0 Å². The number of rotatable bonds is 4. The fourth-order valence-corrected chi connectivity index (χ4v) is 3.43. The largest absolute Gasteiger partial charge is 0.390 e. The number of aliphatic hydroxyl groups excluding tert-OH is 2. The van der Waals surface area contributed by atoms with E-state index in [1.54, 1.807) is 0 Å². The van der Waals surface area contributed by atoms with Crippen molar-refractivity contribution in [2.45, 2.75) is 49.9 Å². The summed E-state index contributed by atoms with van der Waals surface area (Å²) in [4.78, 5) is 23.3. The molecule has 6 nitrogen and oxygen atoms in total. The molecule has 0 saturated heterocycles. The zero-order valence-corrected chi connectivity index (χ0v) is 10.8. The first-order chi connectivity index (χ1) is 9.02. The maximum Gasteiger partial charge on any atom is 0.239 e. The molecule has 3 aliphatic carbocycles. The zero-order chi connectivity index (χ0) is 13.6. The zero-order valence-electron chi connectivity index (χ0n) is 10.8. The van der Waals surface area contributed by atoms with Crippen molar-refractivity contribution in [3.05, 3.63) is 0 Å². The highest BCUT2D eigenvalue weighted by Crippen LogP contribution is 2.47. The normalized spacial score (nSPS) is 40.2. The molecule has 3 saturated carbocycles. The molecule has 3 rings (SSSR count). The smallest absolute Gasteiger partial charge is 0.239 e. The van der Waals surface area contributed by atoms with Gasteiger partial charge in [-0.25, -0.2) is 0 Å². The van der Waals surface area contributed by atoms with Gasteiger partial charge in [0, 0.05) is 5.92 Å². The SMILES string of the molecule is O=C(CNC(=O)C1CC1)NC12CCC(C1)[C@H](O)[C@@H]2O. The van der Waals surface area contributed by atoms with Crippen LogP contribution in [0.3, 0.4) is 0 Å². The Balaban J connectivity index is 1.53. The monoisotopic (exact) mass is 268 g/mol. The Kier molecular flexibility index (Phi) is 3.02. The fraction of sp³-hybridized carbons (Fsp3) is 0.846. The number of nitrogens with one attached hydrogen (secondary N) is 2. The molecule has 0 aromatic heterocycles.